The van der Waals surface area contributed by atoms with Gasteiger partial charge >= 0.3 is 0 Å². The Labute approximate surface area is 169 Å². The number of hydrogen-bond donors (Lipinski definition) is 2. The highest BCUT2D eigenvalue weighted by Crippen LogP contribution is 2.65. The molecule has 2 unspecified atom stereocenters. The molecule has 2 aromatic rings. The van der Waals surface area contributed by atoms with Gasteiger partial charge in [0.05, 0.1) is 23.6 Å². The molecule has 6 nitrogen and oxygen atoms in total. The minimum atomic E-state index is -3.39. The third kappa shape index (κ3) is 3.07. The van der Waals surface area contributed by atoms with E-state index in [1.165, 1.54) is 7.11 Å². The molecule has 2 aliphatic rings. The lowest BCUT2D eigenvalue weighted by Crippen LogP contribution is -2.17. The van der Waals surface area contributed by atoms with Gasteiger partial charge in [0.2, 0.25) is 15.9 Å². The maximum Gasteiger partial charge on any atom is 0.241 e. The summed E-state index contributed by atoms with van der Waals surface area (Å²) < 4.78 is 31.7. The summed E-state index contributed by atoms with van der Waals surface area (Å²) in [6.45, 7) is 4.37. The first kappa shape index (κ1) is 19.2. The molecule has 0 radical (unpaired) electrons. The molecule has 1 saturated carbocycles. The summed E-state index contributed by atoms with van der Waals surface area (Å²) in [5, 5.41) is 3.44. The zero-order valence-corrected chi connectivity index (χ0v) is 17.3. The fourth-order valence-corrected chi connectivity index (χ4v) is 5.58. The summed E-state index contributed by atoms with van der Waals surface area (Å²) in [5.41, 5.74) is 2.01. The van der Waals surface area contributed by atoms with Crippen molar-refractivity contribution < 1.29 is 17.9 Å². The maximum atomic E-state index is 13.0. The van der Waals surface area contributed by atoms with E-state index in [4.69, 9.17) is 16.3 Å². The van der Waals surface area contributed by atoms with Crippen LogP contribution in [-0.2, 0) is 21.4 Å². The van der Waals surface area contributed by atoms with Crippen molar-refractivity contribution in [2.45, 2.75) is 31.2 Å². The van der Waals surface area contributed by atoms with E-state index in [-0.39, 0.29) is 29.7 Å². The first-order valence-corrected chi connectivity index (χ1v) is 10.8. The van der Waals surface area contributed by atoms with Crippen LogP contribution in [0.15, 0.2) is 41.3 Å². The van der Waals surface area contributed by atoms with Crippen molar-refractivity contribution in [1.82, 2.24) is 4.72 Å². The quantitative estimate of drug-likeness (QED) is 0.792. The topological polar surface area (TPSA) is 84.5 Å². The second-order valence-corrected chi connectivity index (χ2v) is 9.97. The predicted molar refractivity (Wildman–Crippen MR) is 107 cm³/mol. The number of fused-ring (bicyclic) bond motifs is 1. The lowest BCUT2D eigenvalue weighted by molar-refractivity contribution is -0.118. The number of carbonyl (C=O) groups is 1. The van der Waals surface area contributed by atoms with Crippen molar-refractivity contribution in [3.05, 3.63) is 52.5 Å². The zero-order chi connectivity index (χ0) is 20.3. The van der Waals surface area contributed by atoms with E-state index >= 15 is 0 Å². The molecule has 2 N–H and O–H groups in total. The fourth-order valence-electron chi connectivity index (χ4n) is 4.18. The highest BCUT2D eigenvalue weighted by molar-refractivity contribution is 7.89. The Kier molecular flexibility index (Phi) is 4.45. The Hall–Kier alpha value is -2.09. The molecule has 2 aromatic carbocycles. The minimum absolute atomic E-state index is 0.00582. The molecule has 8 heteroatoms. The first-order chi connectivity index (χ1) is 13.1. The van der Waals surface area contributed by atoms with E-state index in [0.29, 0.717) is 21.4 Å². The Morgan fingerprint density at radius 3 is 2.71 bits per heavy atom. The van der Waals surface area contributed by atoms with Crippen LogP contribution in [0.3, 0.4) is 0 Å². The number of halogens is 1. The smallest absolute Gasteiger partial charge is 0.241 e. The largest absolute Gasteiger partial charge is 0.495 e. The Bertz CT molecular complexity index is 1080. The van der Waals surface area contributed by atoms with Crippen LogP contribution >= 0.6 is 11.6 Å². The number of anilines is 1. The monoisotopic (exact) mass is 420 g/mol. The summed E-state index contributed by atoms with van der Waals surface area (Å²) in [4.78, 5) is 13.3. The van der Waals surface area contributed by atoms with Crippen LogP contribution in [0.5, 0.6) is 5.75 Å². The number of rotatable bonds is 4. The molecule has 1 fully saturated rings. The third-order valence-corrected chi connectivity index (χ3v) is 7.45. The summed E-state index contributed by atoms with van der Waals surface area (Å²) in [5.74, 6) is 0.204. The number of sulfonamides is 1. The third-order valence-electron chi connectivity index (χ3n) is 5.72. The van der Waals surface area contributed by atoms with Crippen molar-refractivity contribution in [2.75, 3.05) is 12.4 Å². The molecule has 1 heterocycles. The SMILES string of the molecule is COc1ccc(Cl)cc1NC(=O)C1C(c2ccc3c(c2)CNS3(=O)=O)C1(C)C. The van der Waals surface area contributed by atoms with E-state index in [1.807, 2.05) is 26.0 Å². The van der Waals surface area contributed by atoms with Crippen molar-refractivity contribution >= 4 is 33.2 Å². The number of hydrogen-bond acceptors (Lipinski definition) is 4. The van der Waals surface area contributed by atoms with Crippen LogP contribution in [0.1, 0.15) is 30.9 Å². The van der Waals surface area contributed by atoms with E-state index in [1.54, 1.807) is 24.3 Å². The van der Waals surface area contributed by atoms with Gasteiger partial charge in [-0.25, -0.2) is 13.1 Å². The van der Waals surface area contributed by atoms with Crippen molar-refractivity contribution in [3.63, 3.8) is 0 Å². The standard InChI is InChI=1S/C20H21ClN2O4S/c1-20(2)17(11-4-7-16-12(8-11)10-22-28(16,25)26)18(20)19(24)23-14-9-13(21)5-6-15(14)27-3/h4-9,17-18,22H,10H2,1-3H3,(H,23,24). The highest BCUT2D eigenvalue weighted by atomic mass is 35.5. The van der Waals surface area contributed by atoms with Gasteiger partial charge in [-0.15, -0.1) is 0 Å². The van der Waals surface area contributed by atoms with Gasteiger partial charge in [0, 0.05) is 17.5 Å². The van der Waals surface area contributed by atoms with Gasteiger partial charge in [-0.2, -0.15) is 0 Å². The second kappa shape index (κ2) is 6.47. The second-order valence-electron chi connectivity index (χ2n) is 7.80. The normalized spacial score (nSPS) is 23.7. The molecule has 0 saturated heterocycles. The summed E-state index contributed by atoms with van der Waals surface area (Å²) in [6.07, 6.45) is 0. The predicted octanol–water partition coefficient (Wildman–Crippen LogP) is 3.52. The van der Waals surface area contributed by atoms with Gasteiger partial charge in [0.25, 0.3) is 0 Å². The van der Waals surface area contributed by atoms with Crippen LogP contribution < -0.4 is 14.8 Å². The Morgan fingerprint density at radius 2 is 2.00 bits per heavy atom. The summed E-state index contributed by atoms with van der Waals surface area (Å²) in [6, 6.07) is 10.4. The molecule has 0 spiro atoms. The number of methoxy groups -OCH3 is 1. The molecule has 4 rings (SSSR count). The molecule has 0 bridgehead atoms. The highest BCUT2D eigenvalue weighted by Gasteiger charge is 2.62. The summed E-state index contributed by atoms with van der Waals surface area (Å²) >= 11 is 6.05. The Morgan fingerprint density at radius 1 is 1.25 bits per heavy atom. The minimum Gasteiger partial charge on any atom is -0.495 e. The number of ether oxygens (including phenoxy) is 1. The fraction of sp³-hybridized carbons (Fsp3) is 0.350. The van der Waals surface area contributed by atoms with Gasteiger partial charge in [0.1, 0.15) is 5.75 Å². The molecule has 1 aliphatic carbocycles. The molecule has 1 amide bonds. The van der Waals surface area contributed by atoms with E-state index in [2.05, 4.69) is 10.0 Å². The lowest BCUT2D eigenvalue weighted by Gasteiger charge is -2.11. The Balaban J connectivity index is 1.59. The maximum absolute atomic E-state index is 13.0. The number of benzene rings is 2. The first-order valence-electron chi connectivity index (χ1n) is 8.92. The molecule has 148 valence electrons. The van der Waals surface area contributed by atoms with Crippen molar-refractivity contribution in [3.8, 4) is 5.75 Å². The van der Waals surface area contributed by atoms with E-state index in [9.17, 15) is 13.2 Å². The number of nitrogens with one attached hydrogen (secondary N) is 2. The molecule has 2 atom stereocenters. The number of amides is 1. The molecule has 0 aromatic heterocycles. The van der Waals surface area contributed by atoms with Crippen LogP contribution in [0.4, 0.5) is 5.69 Å². The van der Waals surface area contributed by atoms with Gasteiger partial charge in [0.15, 0.2) is 0 Å². The van der Waals surface area contributed by atoms with E-state index < -0.39 is 10.0 Å². The lowest BCUT2D eigenvalue weighted by atomic mass is 10.0. The van der Waals surface area contributed by atoms with Gasteiger partial charge in [-0.3, -0.25) is 4.79 Å². The van der Waals surface area contributed by atoms with Gasteiger partial charge in [-0.1, -0.05) is 37.6 Å². The van der Waals surface area contributed by atoms with Crippen LogP contribution in [0.2, 0.25) is 5.02 Å². The van der Waals surface area contributed by atoms with Gasteiger partial charge < -0.3 is 10.1 Å². The molecular weight excluding hydrogens is 400 g/mol. The molecule has 1 aliphatic heterocycles. The van der Waals surface area contributed by atoms with Crippen LogP contribution in [0.25, 0.3) is 0 Å². The van der Waals surface area contributed by atoms with Crippen molar-refractivity contribution in [1.29, 1.82) is 0 Å². The molecule has 28 heavy (non-hydrogen) atoms. The van der Waals surface area contributed by atoms with E-state index in [0.717, 1.165) is 11.1 Å². The van der Waals surface area contributed by atoms with Gasteiger partial charge in [-0.05, 0) is 40.8 Å². The molecular formula is C20H21ClN2O4S. The van der Waals surface area contributed by atoms with Crippen LogP contribution in [0, 0.1) is 11.3 Å². The summed E-state index contributed by atoms with van der Waals surface area (Å²) in [7, 11) is -1.86. The number of carbonyl (C=O) groups excluding carboxylic acids is 1. The van der Waals surface area contributed by atoms with Crippen LogP contribution in [-0.4, -0.2) is 21.4 Å². The zero-order valence-electron chi connectivity index (χ0n) is 15.7. The van der Waals surface area contributed by atoms with Crippen molar-refractivity contribution in [2.24, 2.45) is 11.3 Å². The average molecular weight is 421 g/mol. The average Bonchev–Trinajstić information content (AvgIpc) is 3.09.